The Morgan fingerprint density at radius 3 is 2.79 bits per heavy atom. The smallest absolute Gasteiger partial charge is 0.319 e. The molecule has 2 aromatic rings. The van der Waals surface area contributed by atoms with E-state index in [0.29, 0.717) is 36.5 Å². The maximum absolute atomic E-state index is 14.1. The Morgan fingerprint density at radius 2 is 2.07 bits per heavy atom. The lowest BCUT2D eigenvalue weighted by molar-refractivity contribution is -0.0669. The van der Waals surface area contributed by atoms with Crippen molar-refractivity contribution in [2.45, 2.75) is 31.4 Å². The molecule has 8 heteroatoms. The molecule has 0 bridgehead atoms. The van der Waals surface area contributed by atoms with Crippen LogP contribution in [0.5, 0.6) is 11.9 Å². The van der Waals surface area contributed by atoms with Crippen molar-refractivity contribution in [1.29, 1.82) is 0 Å². The molecule has 3 atom stereocenters. The van der Waals surface area contributed by atoms with E-state index in [2.05, 4.69) is 14.9 Å². The Morgan fingerprint density at radius 1 is 1.24 bits per heavy atom. The predicted molar refractivity (Wildman–Crippen MR) is 101 cm³/mol. The van der Waals surface area contributed by atoms with E-state index < -0.39 is 17.2 Å². The van der Waals surface area contributed by atoms with E-state index in [9.17, 15) is 13.9 Å². The van der Waals surface area contributed by atoms with E-state index in [1.807, 2.05) is 0 Å². The van der Waals surface area contributed by atoms with Crippen molar-refractivity contribution in [3.05, 3.63) is 47.2 Å². The van der Waals surface area contributed by atoms with Crippen LogP contribution in [0.15, 0.2) is 24.4 Å². The number of aromatic nitrogens is 2. The van der Waals surface area contributed by atoms with Crippen LogP contribution in [0.3, 0.4) is 0 Å². The lowest BCUT2D eigenvalue weighted by Crippen LogP contribution is -2.43. The molecular formula is C21H25F2N3O3. The van der Waals surface area contributed by atoms with Crippen LogP contribution in [0.1, 0.15) is 30.4 Å². The number of fused-ring (bicyclic) bond motifs is 1. The fraction of sp³-hybridized carbons (Fsp3) is 0.524. The largest absolute Gasteiger partial charge is 0.481 e. The first kappa shape index (κ1) is 20.0. The number of hydrogen-bond acceptors (Lipinski definition) is 6. The van der Waals surface area contributed by atoms with Crippen LogP contribution in [0.25, 0.3) is 0 Å². The molecule has 2 fully saturated rings. The third-order valence-electron chi connectivity index (χ3n) is 6.25. The topological polar surface area (TPSA) is 67.7 Å². The molecule has 0 radical (unpaired) electrons. The number of rotatable bonds is 5. The molecule has 2 heterocycles. The summed E-state index contributed by atoms with van der Waals surface area (Å²) in [4.78, 5) is 10.5. The molecule has 29 heavy (non-hydrogen) atoms. The Kier molecular flexibility index (Phi) is 5.40. The fourth-order valence-corrected chi connectivity index (χ4v) is 4.87. The molecular weight excluding hydrogens is 380 g/mol. The minimum atomic E-state index is -1.13. The van der Waals surface area contributed by atoms with Gasteiger partial charge in [-0.1, -0.05) is 6.07 Å². The van der Waals surface area contributed by atoms with Gasteiger partial charge < -0.3 is 14.6 Å². The minimum absolute atomic E-state index is 0.0503. The lowest BCUT2D eigenvalue weighted by atomic mass is 9.68. The number of aliphatic hydroxyl groups is 1. The molecule has 2 aliphatic rings. The van der Waals surface area contributed by atoms with Crippen LogP contribution in [0.2, 0.25) is 0 Å². The zero-order valence-electron chi connectivity index (χ0n) is 16.6. The Balaban J connectivity index is 1.59. The van der Waals surface area contributed by atoms with Gasteiger partial charge in [0.15, 0.2) is 0 Å². The third-order valence-corrected chi connectivity index (χ3v) is 6.25. The highest BCUT2D eigenvalue weighted by atomic mass is 19.1. The van der Waals surface area contributed by atoms with Gasteiger partial charge in [-0.25, -0.2) is 13.8 Å². The van der Waals surface area contributed by atoms with Gasteiger partial charge in [-0.2, -0.15) is 4.98 Å². The van der Waals surface area contributed by atoms with Gasteiger partial charge in [0, 0.05) is 43.4 Å². The van der Waals surface area contributed by atoms with Crippen LogP contribution in [0, 0.1) is 23.5 Å². The molecule has 6 nitrogen and oxygen atoms in total. The highest BCUT2D eigenvalue weighted by Gasteiger charge is 2.51. The molecule has 156 valence electrons. The van der Waals surface area contributed by atoms with Gasteiger partial charge in [0.1, 0.15) is 17.2 Å². The SMILES string of the molecule is COc1ncc([C@]2(O)CCC[C@H]3CN(Cc4ccc(F)cc4F)C[C@H]32)c(OC)n1. The van der Waals surface area contributed by atoms with Crippen molar-refractivity contribution in [2.24, 2.45) is 11.8 Å². The molecule has 1 saturated heterocycles. The number of likely N-dealkylation sites (tertiary alicyclic amines) is 1. The summed E-state index contributed by atoms with van der Waals surface area (Å²) >= 11 is 0. The van der Waals surface area contributed by atoms with E-state index in [1.54, 1.807) is 6.20 Å². The molecule has 1 aliphatic carbocycles. The second-order valence-electron chi connectivity index (χ2n) is 7.89. The summed E-state index contributed by atoms with van der Waals surface area (Å²) in [6.07, 6.45) is 4.02. The first-order valence-corrected chi connectivity index (χ1v) is 9.78. The molecule has 4 rings (SSSR count). The van der Waals surface area contributed by atoms with E-state index in [1.165, 1.54) is 26.4 Å². The second kappa shape index (κ2) is 7.84. The quantitative estimate of drug-likeness (QED) is 0.825. The average molecular weight is 405 g/mol. The molecule has 0 amide bonds. The molecule has 1 aromatic carbocycles. The number of nitrogens with zero attached hydrogens (tertiary/aromatic N) is 3. The zero-order valence-corrected chi connectivity index (χ0v) is 16.6. The number of ether oxygens (including phenoxy) is 2. The van der Waals surface area contributed by atoms with E-state index >= 15 is 0 Å². The monoisotopic (exact) mass is 405 g/mol. The predicted octanol–water partition coefficient (Wildman–Crippen LogP) is 2.89. The summed E-state index contributed by atoms with van der Waals surface area (Å²) < 4.78 is 37.8. The Hall–Kier alpha value is -2.32. The van der Waals surface area contributed by atoms with Crippen molar-refractivity contribution in [3.8, 4) is 11.9 Å². The van der Waals surface area contributed by atoms with Crippen molar-refractivity contribution in [3.63, 3.8) is 0 Å². The van der Waals surface area contributed by atoms with Gasteiger partial charge in [-0.15, -0.1) is 0 Å². The van der Waals surface area contributed by atoms with Crippen molar-refractivity contribution in [1.82, 2.24) is 14.9 Å². The number of methoxy groups -OCH3 is 2. The van der Waals surface area contributed by atoms with Crippen molar-refractivity contribution >= 4 is 0 Å². The molecule has 1 saturated carbocycles. The summed E-state index contributed by atoms with van der Waals surface area (Å²) in [5, 5.41) is 11.7. The summed E-state index contributed by atoms with van der Waals surface area (Å²) in [6.45, 7) is 1.74. The van der Waals surface area contributed by atoms with Crippen molar-refractivity contribution in [2.75, 3.05) is 27.3 Å². The fourth-order valence-electron chi connectivity index (χ4n) is 4.87. The number of halogens is 2. The van der Waals surface area contributed by atoms with Gasteiger partial charge in [0.05, 0.1) is 19.8 Å². The maximum Gasteiger partial charge on any atom is 0.319 e. The van der Waals surface area contributed by atoms with E-state index in [-0.39, 0.29) is 17.8 Å². The highest BCUT2D eigenvalue weighted by Crippen LogP contribution is 2.50. The zero-order chi connectivity index (χ0) is 20.6. The van der Waals surface area contributed by atoms with Crippen LogP contribution in [-0.2, 0) is 12.1 Å². The van der Waals surface area contributed by atoms with Crippen LogP contribution >= 0.6 is 0 Å². The van der Waals surface area contributed by atoms with Crippen LogP contribution in [0.4, 0.5) is 8.78 Å². The maximum atomic E-state index is 14.1. The summed E-state index contributed by atoms with van der Waals surface area (Å²) in [5.74, 6) is -0.597. The third kappa shape index (κ3) is 3.67. The van der Waals surface area contributed by atoms with Gasteiger partial charge in [-0.3, -0.25) is 4.90 Å². The van der Waals surface area contributed by atoms with E-state index in [4.69, 9.17) is 9.47 Å². The normalized spacial score (nSPS) is 26.9. The molecule has 1 N–H and O–H groups in total. The molecule has 0 unspecified atom stereocenters. The number of benzene rings is 1. The van der Waals surface area contributed by atoms with Gasteiger partial charge in [0.25, 0.3) is 0 Å². The summed E-state index contributed by atoms with van der Waals surface area (Å²) in [5.41, 5.74) is -0.111. The molecule has 1 aliphatic heterocycles. The van der Waals surface area contributed by atoms with Gasteiger partial charge in [0.2, 0.25) is 5.88 Å². The van der Waals surface area contributed by atoms with Gasteiger partial charge >= 0.3 is 6.01 Å². The summed E-state index contributed by atoms with van der Waals surface area (Å²) in [7, 11) is 2.98. The minimum Gasteiger partial charge on any atom is -0.481 e. The van der Waals surface area contributed by atoms with Crippen LogP contribution in [-0.4, -0.2) is 47.3 Å². The van der Waals surface area contributed by atoms with E-state index in [0.717, 1.165) is 25.5 Å². The standard InChI is InChI=1S/C21H25F2N3O3/c1-28-19-16(9-24-20(25-19)29-2)21(27)7-3-4-13-10-26(12-17(13)21)11-14-5-6-15(22)8-18(14)23/h5-6,8-9,13,17,27H,3-4,7,10-12H2,1-2H3/t13-,17+,21+/m0/s1. The lowest BCUT2D eigenvalue weighted by Gasteiger charge is -2.41. The van der Waals surface area contributed by atoms with Crippen molar-refractivity contribution < 1.29 is 23.4 Å². The summed E-state index contributed by atoms with van der Waals surface area (Å²) in [6, 6.07) is 3.85. The highest BCUT2D eigenvalue weighted by molar-refractivity contribution is 5.33. The first-order valence-electron chi connectivity index (χ1n) is 9.78. The average Bonchev–Trinajstić information content (AvgIpc) is 3.14. The van der Waals surface area contributed by atoms with Gasteiger partial charge in [-0.05, 0) is 31.2 Å². The molecule has 1 aromatic heterocycles. The molecule has 0 spiro atoms. The van der Waals surface area contributed by atoms with Crippen LogP contribution < -0.4 is 9.47 Å². The second-order valence-corrected chi connectivity index (χ2v) is 7.89. The number of hydrogen-bond donors (Lipinski definition) is 1. The Labute approximate surface area is 168 Å². The Bertz CT molecular complexity index is 897. The first-order chi connectivity index (χ1) is 13.9.